The molecule has 2 atom stereocenters. The van der Waals surface area contributed by atoms with Crippen LogP contribution in [0.3, 0.4) is 0 Å². The minimum atomic E-state index is -1.21. The summed E-state index contributed by atoms with van der Waals surface area (Å²) in [5.74, 6) is -1.59. The molecule has 0 aromatic heterocycles. The summed E-state index contributed by atoms with van der Waals surface area (Å²) in [6.45, 7) is 1.58. The zero-order valence-corrected chi connectivity index (χ0v) is 15.8. The molecule has 146 valence electrons. The molecule has 0 aliphatic carbocycles. The Hall–Kier alpha value is -3.15. The van der Waals surface area contributed by atoms with E-state index < -0.39 is 11.4 Å². The van der Waals surface area contributed by atoms with Crippen LogP contribution >= 0.6 is 0 Å². The molecule has 1 aliphatic rings. The van der Waals surface area contributed by atoms with Crippen LogP contribution in [0.4, 0.5) is 5.69 Å². The number of hydrogen-bond acceptors (Lipinski definition) is 3. The molecule has 0 fully saturated rings. The number of amides is 2. The fourth-order valence-corrected chi connectivity index (χ4v) is 3.42. The molecule has 1 heterocycles. The van der Waals surface area contributed by atoms with Gasteiger partial charge in [-0.05, 0) is 37.0 Å². The third-order valence-electron chi connectivity index (χ3n) is 5.35. The van der Waals surface area contributed by atoms with E-state index in [0.29, 0.717) is 18.4 Å². The Labute approximate surface area is 164 Å². The Morgan fingerprint density at radius 3 is 2.54 bits per heavy atom. The summed E-state index contributed by atoms with van der Waals surface area (Å²) in [5, 5.41) is 15.3. The minimum absolute atomic E-state index is 0.00905. The van der Waals surface area contributed by atoms with E-state index >= 15 is 0 Å². The molecule has 3 N–H and O–H groups in total. The summed E-state index contributed by atoms with van der Waals surface area (Å²) >= 11 is 0. The smallest absolute Gasteiger partial charge is 0.315 e. The van der Waals surface area contributed by atoms with Gasteiger partial charge in [0.15, 0.2) is 0 Å². The number of carboxylic acids is 1. The molecule has 2 amide bonds. The Morgan fingerprint density at radius 2 is 1.82 bits per heavy atom. The number of carboxylic acid groups (broad SMARTS) is 1. The van der Waals surface area contributed by atoms with Crippen molar-refractivity contribution in [2.75, 3.05) is 11.9 Å². The van der Waals surface area contributed by atoms with Crippen molar-refractivity contribution in [1.82, 2.24) is 5.32 Å². The van der Waals surface area contributed by atoms with E-state index in [1.165, 1.54) is 0 Å². The second kappa shape index (κ2) is 8.25. The van der Waals surface area contributed by atoms with Gasteiger partial charge in [0, 0.05) is 24.6 Å². The average Bonchev–Trinajstić information content (AvgIpc) is 2.70. The van der Waals surface area contributed by atoms with Gasteiger partial charge in [0.2, 0.25) is 11.8 Å². The van der Waals surface area contributed by atoms with Crippen molar-refractivity contribution in [2.45, 2.75) is 31.6 Å². The van der Waals surface area contributed by atoms with Crippen LogP contribution in [-0.2, 0) is 26.2 Å². The molecule has 3 rings (SSSR count). The van der Waals surface area contributed by atoms with E-state index in [2.05, 4.69) is 10.6 Å². The van der Waals surface area contributed by atoms with E-state index in [1.54, 1.807) is 31.2 Å². The second-order valence-corrected chi connectivity index (χ2v) is 7.37. The predicted octanol–water partition coefficient (Wildman–Crippen LogP) is 2.74. The quantitative estimate of drug-likeness (QED) is 0.688. The van der Waals surface area contributed by atoms with E-state index in [0.717, 1.165) is 11.3 Å². The molecule has 0 bridgehead atoms. The third-order valence-corrected chi connectivity index (χ3v) is 5.35. The normalized spacial score (nSPS) is 17.8. The average molecular weight is 380 g/mol. The van der Waals surface area contributed by atoms with Crippen LogP contribution in [0.2, 0.25) is 0 Å². The first-order valence-electron chi connectivity index (χ1n) is 9.34. The summed E-state index contributed by atoms with van der Waals surface area (Å²) in [5.41, 5.74) is 1.31. The number of rotatable bonds is 7. The Bertz CT molecular complexity index is 881. The van der Waals surface area contributed by atoms with Gasteiger partial charge in [-0.25, -0.2) is 0 Å². The van der Waals surface area contributed by atoms with E-state index in [-0.39, 0.29) is 30.7 Å². The van der Waals surface area contributed by atoms with Crippen molar-refractivity contribution in [3.63, 3.8) is 0 Å². The monoisotopic (exact) mass is 380 g/mol. The number of anilines is 1. The van der Waals surface area contributed by atoms with Gasteiger partial charge in [0.05, 0.1) is 0 Å². The fraction of sp³-hybridized carbons (Fsp3) is 0.318. The molecule has 6 nitrogen and oxygen atoms in total. The molecule has 2 unspecified atom stereocenters. The van der Waals surface area contributed by atoms with Crippen LogP contribution in [0.15, 0.2) is 54.6 Å². The highest BCUT2D eigenvalue weighted by molar-refractivity contribution is 5.96. The maximum atomic E-state index is 12.3. The van der Waals surface area contributed by atoms with Gasteiger partial charge < -0.3 is 15.7 Å². The number of carbonyl (C=O) groups is 3. The summed E-state index contributed by atoms with van der Waals surface area (Å²) in [4.78, 5) is 36.3. The number of benzene rings is 2. The van der Waals surface area contributed by atoms with Crippen LogP contribution in [0.5, 0.6) is 0 Å². The first-order chi connectivity index (χ1) is 13.4. The third kappa shape index (κ3) is 4.22. The second-order valence-electron chi connectivity index (χ2n) is 7.37. The first-order valence-corrected chi connectivity index (χ1v) is 9.34. The van der Waals surface area contributed by atoms with Crippen LogP contribution in [0.25, 0.3) is 0 Å². The Balaban J connectivity index is 1.56. The van der Waals surface area contributed by atoms with Gasteiger partial charge in [-0.1, -0.05) is 48.5 Å². The number of nitrogens with one attached hydrogen (secondary N) is 2. The molecule has 0 radical (unpaired) electrons. The van der Waals surface area contributed by atoms with Crippen molar-refractivity contribution in [1.29, 1.82) is 0 Å². The van der Waals surface area contributed by atoms with Gasteiger partial charge in [0.1, 0.15) is 5.41 Å². The first kappa shape index (κ1) is 19.6. The Kier molecular flexibility index (Phi) is 5.78. The molecular weight excluding hydrogens is 356 g/mol. The number of aliphatic carboxylic acids is 1. The van der Waals surface area contributed by atoms with Crippen LogP contribution in [0, 0.1) is 5.92 Å². The van der Waals surface area contributed by atoms with Gasteiger partial charge in [-0.3, -0.25) is 14.4 Å². The lowest BCUT2D eigenvalue weighted by Crippen LogP contribution is -2.44. The zero-order chi connectivity index (χ0) is 20.1. The lowest BCUT2D eigenvalue weighted by atomic mass is 9.82. The predicted molar refractivity (Wildman–Crippen MR) is 106 cm³/mol. The number of carbonyl (C=O) groups excluding carboxylic acids is 2. The topological polar surface area (TPSA) is 95.5 Å². The highest BCUT2D eigenvalue weighted by Gasteiger charge is 2.35. The largest absolute Gasteiger partial charge is 0.481 e. The zero-order valence-electron chi connectivity index (χ0n) is 15.8. The maximum Gasteiger partial charge on any atom is 0.315 e. The standard InChI is InChI=1S/C22H24N2O4/c1-22(21(27)28,17-8-3-2-4-9-17)14-23-19(25)12-11-16-13-15-7-5-6-10-18(15)24-20(16)26/h2-10,16H,11-14H2,1H3,(H,23,25)(H,24,26)(H,27,28). The summed E-state index contributed by atoms with van der Waals surface area (Å²) < 4.78 is 0. The van der Waals surface area contributed by atoms with Gasteiger partial charge in [-0.15, -0.1) is 0 Å². The highest BCUT2D eigenvalue weighted by Crippen LogP contribution is 2.28. The number of para-hydroxylation sites is 1. The molecule has 0 spiro atoms. The molecule has 1 aliphatic heterocycles. The van der Waals surface area contributed by atoms with Crippen molar-refractivity contribution in [3.8, 4) is 0 Å². The SMILES string of the molecule is CC(CNC(=O)CCC1Cc2ccccc2NC1=O)(C(=O)O)c1ccccc1. The van der Waals surface area contributed by atoms with Crippen molar-refractivity contribution in [3.05, 3.63) is 65.7 Å². The highest BCUT2D eigenvalue weighted by atomic mass is 16.4. The molecule has 2 aromatic rings. The molecule has 0 saturated carbocycles. The lowest BCUT2D eigenvalue weighted by Gasteiger charge is -2.26. The fourth-order valence-electron chi connectivity index (χ4n) is 3.42. The van der Waals surface area contributed by atoms with Crippen molar-refractivity contribution < 1.29 is 19.5 Å². The van der Waals surface area contributed by atoms with E-state index in [4.69, 9.17) is 0 Å². The van der Waals surface area contributed by atoms with Crippen LogP contribution in [0.1, 0.15) is 30.9 Å². The molecule has 2 aromatic carbocycles. The summed E-state index contributed by atoms with van der Waals surface area (Å²) in [6, 6.07) is 16.5. The van der Waals surface area contributed by atoms with Gasteiger partial charge in [-0.2, -0.15) is 0 Å². The van der Waals surface area contributed by atoms with Crippen LogP contribution < -0.4 is 10.6 Å². The van der Waals surface area contributed by atoms with E-state index in [9.17, 15) is 19.5 Å². The number of fused-ring (bicyclic) bond motifs is 1. The number of hydrogen-bond donors (Lipinski definition) is 3. The maximum absolute atomic E-state index is 12.3. The molecule has 28 heavy (non-hydrogen) atoms. The summed E-state index contributed by atoms with van der Waals surface area (Å²) in [6.07, 6.45) is 1.19. The van der Waals surface area contributed by atoms with Crippen molar-refractivity contribution in [2.24, 2.45) is 5.92 Å². The molecule has 0 saturated heterocycles. The molecule has 6 heteroatoms. The molecular formula is C22H24N2O4. The lowest BCUT2D eigenvalue weighted by molar-refractivity contribution is -0.143. The van der Waals surface area contributed by atoms with Gasteiger partial charge >= 0.3 is 5.97 Å². The minimum Gasteiger partial charge on any atom is -0.481 e. The summed E-state index contributed by atoms with van der Waals surface area (Å²) in [7, 11) is 0. The van der Waals surface area contributed by atoms with Crippen LogP contribution in [-0.4, -0.2) is 29.4 Å². The Morgan fingerprint density at radius 1 is 1.14 bits per heavy atom. The van der Waals surface area contributed by atoms with Gasteiger partial charge in [0.25, 0.3) is 0 Å². The van der Waals surface area contributed by atoms with E-state index in [1.807, 2.05) is 30.3 Å². The van der Waals surface area contributed by atoms with Crippen molar-refractivity contribution >= 4 is 23.5 Å².